The van der Waals surface area contributed by atoms with Crippen LogP contribution in [0.2, 0.25) is 0 Å². The van der Waals surface area contributed by atoms with E-state index in [-0.39, 0.29) is 36.6 Å². The van der Waals surface area contributed by atoms with Crippen molar-refractivity contribution in [3.8, 4) is 0 Å². The summed E-state index contributed by atoms with van der Waals surface area (Å²) in [4.78, 5) is 42.9. The third-order valence-corrected chi connectivity index (χ3v) is 6.73. The zero-order chi connectivity index (χ0) is 21.8. The molecule has 2 aliphatic heterocycles. The van der Waals surface area contributed by atoms with Crippen LogP contribution in [0, 0.1) is 5.82 Å². The van der Waals surface area contributed by atoms with Gasteiger partial charge in [-0.25, -0.2) is 4.39 Å². The molecule has 162 valence electrons. The molecule has 0 aliphatic carbocycles. The number of carbonyl (C=O) groups excluding carboxylic acids is 3. The number of nitrogens with zero attached hydrogens (tertiary/aromatic N) is 2. The third kappa shape index (κ3) is 4.90. The number of thioether (sulfide) groups is 1. The summed E-state index contributed by atoms with van der Waals surface area (Å²) in [5.74, 6) is -1.23. The van der Waals surface area contributed by atoms with E-state index in [9.17, 15) is 18.8 Å². The van der Waals surface area contributed by atoms with Crippen molar-refractivity contribution in [2.45, 2.75) is 36.0 Å². The lowest BCUT2D eigenvalue weighted by atomic mass is 10.1. The molecule has 1 atom stereocenters. The van der Waals surface area contributed by atoms with E-state index in [0.29, 0.717) is 18.8 Å². The maximum atomic E-state index is 13.3. The van der Waals surface area contributed by atoms with Crippen LogP contribution in [0.5, 0.6) is 0 Å². The average Bonchev–Trinajstić information content (AvgIpc) is 2.80. The van der Waals surface area contributed by atoms with Crippen LogP contribution in [0.1, 0.15) is 24.8 Å². The van der Waals surface area contributed by atoms with Crippen LogP contribution >= 0.6 is 11.8 Å². The summed E-state index contributed by atoms with van der Waals surface area (Å²) in [6, 6.07) is 13.2. The number of rotatable bonds is 5. The smallest absolute Gasteiger partial charge is 0.250 e. The summed E-state index contributed by atoms with van der Waals surface area (Å²) in [7, 11) is 0. The van der Waals surface area contributed by atoms with E-state index >= 15 is 0 Å². The molecule has 1 saturated heterocycles. The average molecular weight is 442 g/mol. The Hall–Kier alpha value is -2.87. The predicted molar refractivity (Wildman–Crippen MR) is 117 cm³/mol. The lowest BCUT2D eigenvalue weighted by Gasteiger charge is -2.36. The minimum absolute atomic E-state index is 0.179. The van der Waals surface area contributed by atoms with Crippen molar-refractivity contribution in [2.24, 2.45) is 0 Å². The largest absolute Gasteiger partial charge is 0.350 e. The minimum atomic E-state index is -0.877. The SMILES string of the molecule is O=C(CN1C(=O)[C@@H](C(=O)N2CCCCC2)Sc2ccccc21)NCc1ccc(F)cc1. The van der Waals surface area contributed by atoms with Crippen molar-refractivity contribution in [2.75, 3.05) is 24.5 Å². The standard InChI is InChI=1S/C23H24FN3O3S/c24-17-10-8-16(9-11-17)14-25-20(28)15-27-18-6-2-3-7-19(18)31-21(23(27)30)22(29)26-12-4-1-5-13-26/h2-3,6-11,21H,1,4-5,12-15H2,(H,25,28)/t21-/m1/s1. The molecule has 0 saturated carbocycles. The number of hydrogen-bond acceptors (Lipinski definition) is 4. The minimum Gasteiger partial charge on any atom is -0.350 e. The van der Waals surface area contributed by atoms with Gasteiger partial charge in [-0.3, -0.25) is 14.4 Å². The van der Waals surface area contributed by atoms with Crippen molar-refractivity contribution < 1.29 is 18.8 Å². The number of nitrogens with one attached hydrogen (secondary N) is 1. The molecule has 3 amide bonds. The third-order valence-electron chi connectivity index (χ3n) is 5.49. The molecular formula is C23H24FN3O3S. The lowest BCUT2D eigenvalue weighted by molar-refractivity contribution is -0.135. The zero-order valence-corrected chi connectivity index (χ0v) is 17.9. The van der Waals surface area contributed by atoms with Crippen LogP contribution < -0.4 is 10.2 Å². The van der Waals surface area contributed by atoms with Crippen LogP contribution in [0.25, 0.3) is 0 Å². The monoisotopic (exact) mass is 441 g/mol. The maximum Gasteiger partial charge on any atom is 0.250 e. The maximum absolute atomic E-state index is 13.3. The Labute approximate surface area is 184 Å². The van der Waals surface area contributed by atoms with Crippen LogP contribution in [0.15, 0.2) is 53.4 Å². The Morgan fingerprint density at radius 3 is 2.48 bits per heavy atom. The number of likely N-dealkylation sites (tertiary alicyclic amines) is 1. The van der Waals surface area contributed by atoms with Crippen molar-refractivity contribution in [3.63, 3.8) is 0 Å². The van der Waals surface area contributed by atoms with Gasteiger partial charge in [0, 0.05) is 24.5 Å². The first kappa shape index (κ1) is 21.4. The van der Waals surface area contributed by atoms with E-state index < -0.39 is 5.25 Å². The first-order valence-corrected chi connectivity index (χ1v) is 11.3. The second kappa shape index (κ2) is 9.51. The topological polar surface area (TPSA) is 69.7 Å². The predicted octanol–water partition coefficient (Wildman–Crippen LogP) is 2.96. The normalized spacial score (nSPS) is 18.5. The molecule has 2 heterocycles. The molecule has 0 bridgehead atoms. The highest BCUT2D eigenvalue weighted by atomic mass is 32.2. The highest BCUT2D eigenvalue weighted by Gasteiger charge is 2.40. The molecule has 31 heavy (non-hydrogen) atoms. The van der Waals surface area contributed by atoms with Gasteiger partial charge in [0.2, 0.25) is 11.8 Å². The number of piperidine rings is 1. The van der Waals surface area contributed by atoms with Gasteiger partial charge < -0.3 is 15.1 Å². The van der Waals surface area contributed by atoms with Gasteiger partial charge in [0.05, 0.1) is 5.69 Å². The Balaban J connectivity index is 1.48. The number of amides is 3. The summed E-state index contributed by atoms with van der Waals surface area (Å²) in [6.07, 6.45) is 2.99. The van der Waals surface area contributed by atoms with E-state index in [2.05, 4.69) is 5.32 Å². The summed E-state index contributed by atoms with van der Waals surface area (Å²) in [5, 5.41) is 1.89. The molecular weight excluding hydrogens is 417 g/mol. The van der Waals surface area contributed by atoms with Gasteiger partial charge in [-0.15, -0.1) is 11.8 Å². The Bertz CT molecular complexity index is 976. The van der Waals surface area contributed by atoms with E-state index in [1.165, 1.54) is 28.8 Å². The first-order chi connectivity index (χ1) is 15.0. The number of anilines is 1. The molecule has 0 spiro atoms. The molecule has 1 N–H and O–H groups in total. The van der Waals surface area contributed by atoms with E-state index in [4.69, 9.17) is 0 Å². The Morgan fingerprint density at radius 1 is 1.03 bits per heavy atom. The molecule has 2 aliphatic rings. The summed E-state index contributed by atoms with van der Waals surface area (Å²) in [5.41, 5.74) is 1.39. The van der Waals surface area contributed by atoms with Gasteiger partial charge in [-0.05, 0) is 49.1 Å². The molecule has 2 aromatic rings. The number of hydrogen-bond donors (Lipinski definition) is 1. The molecule has 6 nitrogen and oxygen atoms in total. The van der Waals surface area contributed by atoms with Crippen LogP contribution in [-0.4, -0.2) is 47.5 Å². The van der Waals surface area contributed by atoms with Gasteiger partial charge in [0.25, 0.3) is 5.91 Å². The highest BCUT2D eigenvalue weighted by Crippen LogP contribution is 2.39. The number of para-hydroxylation sites is 1. The first-order valence-electron chi connectivity index (χ1n) is 10.4. The van der Waals surface area contributed by atoms with Gasteiger partial charge in [-0.1, -0.05) is 24.3 Å². The molecule has 0 unspecified atom stereocenters. The van der Waals surface area contributed by atoms with Gasteiger partial charge in [-0.2, -0.15) is 0 Å². The van der Waals surface area contributed by atoms with Gasteiger partial charge in [0.1, 0.15) is 12.4 Å². The molecule has 1 fully saturated rings. The van der Waals surface area contributed by atoms with Crippen molar-refractivity contribution in [1.29, 1.82) is 0 Å². The van der Waals surface area contributed by atoms with Crippen LogP contribution in [-0.2, 0) is 20.9 Å². The fourth-order valence-electron chi connectivity index (χ4n) is 3.82. The second-order valence-corrected chi connectivity index (χ2v) is 8.83. The number of halogens is 1. The Morgan fingerprint density at radius 2 is 1.74 bits per heavy atom. The summed E-state index contributed by atoms with van der Waals surface area (Å²) < 4.78 is 13.1. The summed E-state index contributed by atoms with van der Waals surface area (Å²) >= 11 is 1.26. The molecule has 8 heteroatoms. The summed E-state index contributed by atoms with van der Waals surface area (Å²) in [6.45, 7) is 1.39. The Kier molecular flexibility index (Phi) is 6.56. The zero-order valence-electron chi connectivity index (χ0n) is 17.1. The number of carbonyl (C=O) groups is 3. The highest BCUT2D eigenvalue weighted by molar-refractivity contribution is 8.01. The fourth-order valence-corrected chi connectivity index (χ4v) is 5.01. The number of fused-ring (bicyclic) bond motifs is 1. The van der Waals surface area contributed by atoms with Crippen molar-refractivity contribution in [1.82, 2.24) is 10.2 Å². The van der Waals surface area contributed by atoms with Crippen molar-refractivity contribution in [3.05, 3.63) is 59.9 Å². The van der Waals surface area contributed by atoms with Gasteiger partial charge in [0.15, 0.2) is 5.25 Å². The van der Waals surface area contributed by atoms with Crippen LogP contribution in [0.4, 0.5) is 10.1 Å². The fraction of sp³-hybridized carbons (Fsp3) is 0.348. The van der Waals surface area contributed by atoms with E-state index in [1.54, 1.807) is 23.1 Å². The van der Waals surface area contributed by atoms with Crippen LogP contribution in [0.3, 0.4) is 0 Å². The molecule has 2 aromatic carbocycles. The number of benzene rings is 2. The molecule has 4 rings (SSSR count). The molecule has 0 aromatic heterocycles. The molecule has 0 radical (unpaired) electrons. The lowest BCUT2D eigenvalue weighted by Crippen LogP contribution is -2.52. The second-order valence-electron chi connectivity index (χ2n) is 7.68. The van der Waals surface area contributed by atoms with Crippen molar-refractivity contribution >= 4 is 35.2 Å². The van der Waals surface area contributed by atoms with Gasteiger partial charge >= 0.3 is 0 Å². The quantitative estimate of drug-likeness (QED) is 0.725. The van der Waals surface area contributed by atoms with E-state index in [1.807, 2.05) is 18.2 Å². The van der Waals surface area contributed by atoms with E-state index in [0.717, 1.165) is 29.7 Å².